The lowest BCUT2D eigenvalue weighted by atomic mass is 10.2. The number of hydrogen-bond donors (Lipinski definition) is 1. The number of rotatable bonds is 6. The van der Waals surface area contributed by atoms with Crippen molar-refractivity contribution in [3.05, 3.63) is 60.2 Å². The highest BCUT2D eigenvalue weighted by Crippen LogP contribution is 2.19. The van der Waals surface area contributed by atoms with Crippen molar-refractivity contribution in [3.8, 4) is 5.75 Å². The molecule has 0 radical (unpaired) electrons. The average molecular weight is 291 g/mol. The van der Waals surface area contributed by atoms with Gasteiger partial charge in [-0.15, -0.1) is 0 Å². The first kappa shape index (κ1) is 14.4. The molecule has 5 heteroatoms. The van der Waals surface area contributed by atoms with E-state index in [1.807, 2.05) is 30.3 Å². The highest BCUT2D eigenvalue weighted by molar-refractivity contribution is 7.92. The Kier molecular flexibility index (Phi) is 4.63. The summed E-state index contributed by atoms with van der Waals surface area (Å²) in [5.41, 5.74) is 1.57. The standard InChI is InChI=1S/C15H17NO3S/c1-2-20(17,18)16-14-9-6-10-15(11-14)19-12-13-7-4-3-5-8-13/h3-11,16H,2,12H2,1H3. The van der Waals surface area contributed by atoms with Crippen molar-refractivity contribution in [2.45, 2.75) is 13.5 Å². The molecular formula is C15H17NO3S. The molecular weight excluding hydrogens is 274 g/mol. The molecule has 0 heterocycles. The van der Waals surface area contributed by atoms with E-state index in [0.717, 1.165) is 5.56 Å². The first-order valence-electron chi connectivity index (χ1n) is 6.36. The zero-order valence-corrected chi connectivity index (χ0v) is 12.1. The molecule has 0 atom stereocenters. The third-order valence-corrected chi connectivity index (χ3v) is 4.04. The predicted molar refractivity (Wildman–Crippen MR) is 80.3 cm³/mol. The van der Waals surface area contributed by atoms with E-state index in [9.17, 15) is 8.42 Å². The van der Waals surface area contributed by atoms with Crippen LogP contribution in [-0.4, -0.2) is 14.2 Å². The zero-order chi connectivity index (χ0) is 14.4. The number of ether oxygens (including phenoxy) is 1. The summed E-state index contributed by atoms with van der Waals surface area (Å²) in [5, 5.41) is 0. The van der Waals surface area contributed by atoms with Crippen LogP contribution >= 0.6 is 0 Å². The van der Waals surface area contributed by atoms with Gasteiger partial charge in [-0.05, 0) is 24.6 Å². The third-order valence-electron chi connectivity index (χ3n) is 2.74. The van der Waals surface area contributed by atoms with Gasteiger partial charge in [0.05, 0.1) is 11.4 Å². The fourth-order valence-corrected chi connectivity index (χ4v) is 2.27. The second-order valence-corrected chi connectivity index (χ2v) is 6.32. The predicted octanol–water partition coefficient (Wildman–Crippen LogP) is 3.03. The molecule has 4 nitrogen and oxygen atoms in total. The third kappa shape index (κ3) is 4.28. The Balaban J connectivity index is 2.03. The summed E-state index contributed by atoms with van der Waals surface area (Å²) >= 11 is 0. The number of sulfonamides is 1. The van der Waals surface area contributed by atoms with Gasteiger partial charge < -0.3 is 4.74 Å². The monoisotopic (exact) mass is 291 g/mol. The maximum absolute atomic E-state index is 11.5. The molecule has 0 saturated carbocycles. The van der Waals surface area contributed by atoms with E-state index in [-0.39, 0.29) is 5.75 Å². The van der Waals surface area contributed by atoms with E-state index in [1.165, 1.54) is 0 Å². The van der Waals surface area contributed by atoms with Gasteiger partial charge in [0, 0.05) is 6.07 Å². The van der Waals surface area contributed by atoms with E-state index in [2.05, 4.69) is 4.72 Å². The molecule has 2 aromatic carbocycles. The van der Waals surface area contributed by atoms with Crippen LogP contribution in [0.15, 0.2) is 54.6 Å². The fraction of sp³-hybridized carbons (Fsp3) is 0.200. The van der Waals surface area contributed by atoms with Crippen molar-refractivity contribution in [1.29, 1.82) is 0 Å². The Morgan fingerprint density at radius 3 is 2.50 bits per heavy atom. The Morgan fingerprint density at radius 2 is 1.80 bits per heavy atom. The first-order chi connectivity index (χ1) is 9.59. The van der Waals surface area contributed by atoms with Crippen molar-refractivity contribution in [3.63, 3.8) is 0 Å². The topological polar surface area (TPSA) is 55.4 Å². The molecule has 106 valence electrons. The van der Waals surface area contributed by atoms with E-state index >= 15 is 0 Å². The summed E-state index contributed by atoms with van der Waals surface area (Å²) in [6, 6.07) is 16.7. The Bertz CT molecular complexity index is 654. The van der Waals surface area contributed by atoms with Crippen LogP contribution in [0.2, 0.25) is 0 Å². The Morgan fingerprint density at radius 1 is 1.05 bits per heavy atom. The second-order valence-electron chi connectivity index (χ2n) is 4.31. The first-order valence-corrected chi connectivity index (χ1v) is 8.01. The van der Waals surface area contributed by atoms with Gasteiger partial charge in [0.2, 0.25) is 10.0 Å². The van der Waals surface area contributed by atoms with Gasteiger partial charge in [-0.1, -0.05) is 36.4 Å². The van der Waals surface area contributed by atoms with Crippen LogP contribution in [0.25, 0.3) is 0 Å². The van der Waals surface area contributed by atoms with Crippen molar-refractivity contribution in [1.82, 2.24) is 0 Å². The summed E-state index contributed by atoms with van der Waals surface area (Å²) < 4.78 is 31.2. The van der Waals surface area contributed by atoms with Crippen LogP contribution in [0.5, 0.6) is 5.75 Å². The lowest BCUT2D eigenvalue weighted by Gasteiger charge is -2.09. The van der Waals surface area contributed by atoms with Crippen molar-refractivity contribution in [2.75, 3.05) is 10.5 Å². The fourth-order valence-electron chi connectivity index (χ4n) is 1.64. The minimum Gasteiger partial charge on any atom is -0.489 e. The minimum atomic E-state index is -3.26. The summed E-state index contributed by atoms with van der Waals surface area (Å²) in [6.45, 7) is 2.04. The van der Waals surface area contributed by atoms with Gasteiger partial charge in [-0.25, -0.2) is 8.42 Å². The largest absolute Gasteiger partial charge is 0.489 e. The molecule has 2 aromatic rings. The van der Waals surface area contributed by atoms with E-state index in [1.54, 1.807) is 31.2 Å². The van der Waals surface area contributed by atoms with Gasteiger partial charge in [0.25, 0.3) is 0 Å². The molecule has 20 heavy (non-hydrogen) atoms. The molecule has 0 amide bonds. The second kappa shape index (κ2) is 6.43. The van der Waals surface area contributed by atoms with Crippen molar-refractivity contribution >= 4 is 15.7 Å². The Hall–Kier alpha value is -2.01. The van der Waals surface area contributed by atoms with Gasteiger partial charge in [0.1, 0.15) is 12.4 Å². The normalized spacial score (nSPS) is 11.1. The van der Waals surface area contributed by atoms with E-state index in [4.69, 9.17) is 4.74 Å². The van der Waals surface area contributed by atoms with Gasteiger partial charge in [0.15, 0.2) is 0 Å². The van der Waals surface area contributed by atoms with Crippen LogP contribution in [0.1, 0.15) is 12.5 Å². The van der Waals surface area contributed by atoms with Gasteiger partial charge in [-0.2, -0.15) is 0 Å². The maximum atomic E-state index is 11.5. The molecule has 2 rings (SSSR count). The van der Waals surface area contributed by atoms with E-state index < -0.39 is 10.0 Å². The molecule has 0 bridgehead atoms. The molecule has 0 aliphatic carbocycles. The quantitative estimate of drug-likeness (QED) is 0.890. The molecule has 0 fully saturated rings. The lowest BCUT2D eigenvalue weighted by molar-refractivity contribution is 0.306. The smallest absolute Gasteiger partial charge is 0.232 e. The van der Waals surface area contributed by atoms with Crippen LogP contribution < -0.4 is 9.46 Å². The SMILES string of the molecule is CCS(=O)(=O)Nc1cccc(OCc2ccccc2)c1. The maximum Gasteiger partial charge on any atom is 0.232 e. The lowest BCUT2D eigenvalue weighted by Crippen LogP contribution is -2.14. The van der Waals surface area contributed by atoms with E-state index in [0.29, 0.717) is 18.0 Å². The zero-order valence-electron chi connectivity index (χ0n) is 11.2. The molecule has 1 N–H and O–H groups in total. The van der Waals surface area contributed by atoms with Gasteiger partial charge >= 0.3 is 0 Å². The van der Waals surface area contributed by atoms with Crippen molar-refractivity contribution in [2.24, 2.45) is 0 Å². The average Bonchev–Trinajstić information content (AvgIpc) is 2.46. The number of nitrogens with one attached hydrogen (secondary N) is 1. The van der Waals surface area contributed by atoms with Crippen LogP contribution in [-0.2, 0) is 16.6 Å². The highest BCUT2D eigenvalue weighted by atomic mass is 32.2. The molecule has 0 spiro atoms. The molecule has 0 aromatic heterocycles. The van der Waals surface area contributed by atoms with Gasteiger partial charge in [-0.3, -0.25) is 4.72 Å². The van der Waals surface area contributed by atoms with Crippen molar-refractivity contribution < 1.29 is 13.2 Å². The Labute approximate surface area is 119 Å². The van der Waals surface area contributed by atoms with Crippen LogP contribution in [0.4, 0.5) is 5.69 Å². The summed E-state index contributed by atoms with van der Waals surface area (Å²) in [4.78, 5) is 0. The molecule has 0 saturated heterocycles. The number of anilines is 1. The summed E-state index contributed by atoms with van der Waals surface area (Å²) in [7, 11) is -3.26. The number of benzene rings is 2. The molecule has 0 aliphatic heterocycles. The minimum absolute atomic E-state index is 0.0438. The van der Waals surface area contributed by atoms with Crippen LogP contribution in [0.3, 0.4) is 0 Å². The molecule has 0 aliphatic rings. The molecule has 0 unspecified atom stereocenters. The summed E-state index contributed by atoms with van der Waals surface area (Å²) in [6.07, 6.45) is 0. The highest BCUT2D eigenvalue weighted by Gasteiger charge is 2.07. The summed E-state index contributed by atoms with van der Waals surface area (Å²) in [5.74, 6) is 0.674. The number of hydrogen-bond acceptors (Lipinski definition) is 3. The van der Waals surface area contributed by atoms with Crippen LogP contribution in [0, 0.1) is 0 Å².